The average molecular weight is 338 g/mol. The third kappa shape index (κ3) is 3.47. The topological polar surface area (TPSA) is 79.5 Å². The molecule has 3 rings (SSSR count). The molecule has 1 aromatic carbocycles. The van der Waals surface area contributed by atoms with Gasteiger partial charge < -0.3 is 15.5 Å². The van der Waals surface area contributed by atoms with E-state index in [4.69, 9.17) is 5.73 Å². The summed E-state index contributed by atoms with van der Waals surface area (Å²) in [6.45, 7) is 6.35. The van der Waals surface area contributed by atoms with Crippen molar-refractivity contribution < 1.29 is 9.59 Å². The van der Waals surface area contributed by atoms with Crippen LogP contribution < -0.4 is 10.6 Å². The number of piperazine rings is 1. The fourth-order valence-corrected chi connectivity index (χ4v) is 3.10. The van der Waals surface area contributed by atoms with E-state index >= 15 is 0 Å². The minimum atomic E-state index is -0.489. The number of pyridine rings is 1. The zero-order valence-corrected chi connectivity index (χ0v) is 14.5. The summed E-state index contributed by atoms with van der Waals surface area (Å²) in [7, 11) is 0. The molecular weight excluding hydrogens is 316 g/mol. The van der Waals surface area contributed by atoms with Gasteiger partial charge in [0.15, 0.2) is 0 Å². The van der Waals surface area contributed by atoms with Crippen molar-refractivity contribution in [3.8, 4) is 0 Å². The molecule has 2 heterocycles. The van der Waals surface area contributed by atoms with Crippen molar-refractivity contribution in [3.63, 3.8) is 0 Å². The molecule has 2 aromatic rings. The van der Waals surface area contributed by atoms with Crippen LogP contribution in [-0.4, -0.2) is 47.9 Å². The van der Waals surface area contributed by atoms with Crippen molar-refractivity contribution in [2.24, 2.45) is 5.73 Å². The summed E-state index contributed by atoms with van der Waals surface area (Å²) in [4.78, 5) is 32.5. The molecule has 1 aromatic heterocycles. The first kappa shape index (κ1) is 17.0. The number of carbonyl (C=O) groups is 2. The Bertz CT molecular complexity index is 811. The summed E-state index contributed by atoms with van der Waals surface area (Å²) in [5, 5.41) is 0. The highest BCUT2D eigenvalue weighted by molar-refractivity contribution is 5.98. The van der Waals surface area contributed by atoms with Crippen molar-refractivity contribution in [2.75, 3.05) is 31.1 Å². The molecule has 0 saturated carbocycles. The monoisotopic (exact) mass is 338 g/mol. The van der Waals surface area contributed by atoms with Gasteiger partial charge in [-0.25, -0.2) is 4.98 Å². The number of rotatable bonds is 3. The number of anilines is 1. The Morgan fingerprint density at radius 2 is 1.76 bits per heavy atom. The van der Waals surface area contributed by atoms with Gasteiger partial charge in [0.1, 0.15) is 5.82 Å². The van der Waals surface area contributed by atoms with E-state index in [1.807, 2.05) is 41.8 Å². The van der Waals surface area contributed by atoms with Gasteiger partial charge in [0.2, 0.25) is 0 Å². The number of nitrogens with zero attached hydrogens (tertiary/aromatic N) is 3. The van der Waals surface area contributed by atoms with E-state index in [-0.39, 0.29) is 5.91 Å². The van der Waals surface area contributed by atoms with Crippen LogP contribution in [0.2, 0.25) is 0 Å². The summed E-state index contributed by atoms with van der Waals surface area (Å²) in [5.41, 5.74) is 8.66. The molecule has 1 saturated heterocycles. The van der Waals surface area contributed by atoms with E-state index in [1.165, 1.54) is 0 Å². The van der Waals surface area contributed by atoms with Crippen LogP contribution in [0, 0.1) is 13.8 Å². The predicted molar refractivity (Wildman–Crippen MR) is 96.8 cm³/mol. The van der Waals surface area contributed by atoms with Crippen LogP contribution >= 0.6 is 0 Å². The fourth-order valence-electron chi connectivity index (χ4n) is 3.10. The van der Waals surface area contributed by atoms with Crippen molar-refractivity contribution in [3.05, 3.63) is 58.8 Å². The van der Waals surface area contributed by atoms with Crippen LogP contribution in [-0.2, 0) is 0 Å². The molecular formula is C19H22N4O2. The van der Waals surface area contributed by atoms with Crippen molar-refractivity contribution in [1.82, 2.24) is 9.88 Å². The molecule has 0 spiro atoms. The lowest BCUT2D eigenvalue weighted by Gasteiger charge is -2.36. The van der Waals surface area contributed by atoms with Gasteiger partial charge in [0.25, 0.3) is 11.8 Å². The third-order valence-corrected chi connectivity index (χ3v) is 4.54. The minimum absolute atomic E-state index is 0.0528. The zero-order chi connectivity index (χ0) is 18.0. The molecule has 0 radical (unpaired) electrons. The first-order valence-corrected chi connectivity index (χ1v) is 8.33. The molecule has 0 aliphatic carbocycles. The van der Waals surface area contributed by atoms with Crippen LogP contribution in [0.15, 0.2) is 36.5 Å². The maximum Gasteiger partial charge on any atom is 0.254 e. The molecule has 1 aliphatic rings. The molecule has 6 heteroatoms. The second-order valence-corrected chi connectivity index (χ2v) is 6.34. The number of hydrogen-bond donors (Lipinski definition) is 1. The largest absolute Gasteiger partial charge is 0.365 e. The molecule has 2 N–H and O–H groups in total. The number of amides is 2. The maximum atomic E-state index is 12.8. The van der Waals surface area contributed by atoms with Gasteiger partial charge in [-0.15, -0.1) is 0 Å². The Morgan fingerprint density at radius 1 is 1.04 bits per heavy atom. The number of primary amides is 1. The van der Waals surface area contributed by atoms with Crippen LogP contribution in [0.5, 0.6) is 0 Å². The van der Waals surface area contributed by atoms with Gasteiger partial charge in [0.05, 0.1) is 5.56 Å². The Hall–Kier alpha value is -2.89. The first-order chi connectivity index (χ1) is 12.0. The fraction of sp³-hybridized carbons (Fsp3) is 0.316. The molecule has 6 nitrogen and oxygen atoms in total. The SMILES string of the molecule is Cc1ccc(C)c(C(=O)N2CCN(c3ncccc3C(N)=O)CC2)c1. The van der Waals surface area contributed by atoms with Crippen LogP contribution in [0.1, 0.15) is 31.8 Å². The van der Waals surface area contributed by atoms with Gasteiger partial charge in [-0.2, -0.15) is 0 Å². The van der Waals surface area contributed by atoms with Gasteiger partial charge in [-0.1, -0.05) is 17.7 Å². The summed E-state index contributed by atoms with van der Waals surface area (Å²) in [5.74, 6) is 0.155. The molecule has 2 amide bonds. The second kappa shape index (κ2) is 6.93. The van der Waals surface area contributed by atoms with Crippen LogP contribution in [0.25, 0.3) is 0 Å². The maximum absolute atomic E-state index is 12.8. The number of aryl methyl sites for hydroxylation is 2. The molecule has 0 unspecified atom stereocenters. The van der Waals surface area contributed by atoms with E-state index in [2.05, 4.69) is 4.98 Å². The van der Waals surface area contributed by atoms with Crippen molar-refractivity contribution in [1.29, 1.82) is 0 Å². The number of aromatic nitrogens is 1. The van der Waals surface area contributed by atoms with E-state index in [9.17, 15) is 9.59 Å². The molecule has 1 fully saturated rings. The van der Waals surface area contributed by atoms with E-state index < -0.39 is 5.91 Å². The second-order valence-electron chi connectivity index (χ2n) is 6.34. The van der Waals surface area contributed by atoms with Crippen molar-refractivity contribution >= 4 is 17.6 Å². The highest BCUT2D eigenvalue weighted by Crippen LogP contribution is 2.20. The van der Waals surface area contributed by atoms with Crippen LogP contribution in [0.4, 0.5) is 5.82 Å². The van der Waals surface area contributed by atoms with Gasteiger partial charge in [-0.3, -0.25) is 9.59 Å². The highest BCUT2D eigenvalue weighted by Gasteiger charge is 2.25. The average Bonchev–Trinajstić information content (AvgIpc) is 2.63. The molecule has 0 bridgehead atoms. The number of carbonyl (C=O) groups excluding carboxylic acids is 2. The van der Waals surface area contributed by atoms with Gasteiger partial charge in [-0.05, 0) is 37.6 Å². The molecule has 130 valence electrons. The predicted octanol–water partition coefficient (Wildman–Crippen LogP) is 1.76. The lowest BCUT2D eigenvalue weighted by molar-refractivity contribution is 0.0745. The standard InChI is InChI=1S/C19H22N4O2/c1-13-5-6-14(2)16(12-13)19(25)23-10-8-22(9-11-23)18-15(17(20)24)4-3-7-21-18/h3-7,12H,8-11H2,1-2H3,(H2,20,24). The third-order valence-electron chi connectivity index (χ3n) is 4.54. The molecule has 25 heavy (non-hydrogen) atoms. The summed E-state index contributed by atoms with van der Waals surface area (Å²) < 4.78 is 0. The zero-order valence-electron chi connectivity index (χ0n) is 14.5. The number of benzene rings is 1. The summed E-state index contributed by atoms with van der Waals surface area (Å²) in [6.07, 6.45) is 1.65. The Balaban J connectivity index is 1.73. The van der Waals surface area contributed by atoms with Crippen molar-refractivity contribution in [2.45, 2.75) is 13.8 Å². The normalized spacial score (nSPS) is 14.5. The summed E-state index contributed by atoms with van der Waals surface area (Å²) >= 11 is 0. The first-order valence-electron chi connectivity index (χ1n) is 8.33. The molecule has 1 aliphatic heterocycles. The lowest BCUT2D eigenvalue weighted by atomic mass is 10.0. The smallest absolute Gasteiger partial charge is 0.254 e. The Morgan fingerprint density at radius 3 is 2.44 bits per heavy atom. The Labute approximate surface area is 147 Å². The van der Waals surface area contributed by atoms with Gasteiger partial charge >= 0.3 is 0 Å². The quantitative estimate of drug-likeness (QED) is 0.925. The van der Waals surface area contributed by atoms with E-state index in [0.717, 1.165) is 16.7 Å². The summed E-state index contributed by atoms with van der Waals surface area (Å²) in [6, 6.07) is 9.30. The molecule has 0 atom stereocenters. The Kier molecular flexibility index (Phi) is 4.70. The lowest BCUT2D eigenvalue weighted by Crippen LogP contribution is -2.49. The number of hydrogen-bond acceptors (Lipinski definition) is 4. The number of nitrogens with two attached hydrogens (primary N) is 1. The van der Waals surface area contributed by atoms with E-state index in [0.29, 0.717) is 37.6 Å². The van der Waals surface area contributed by atoms with E-state index in [1.54, 1.807) is 18.3 Å². The van der Waals surface area contributed by atoms with Gasteiger partial charge in [0, 0.05) is 37.9 Å². The highest BCUT2D eigenvalue weighted by atomic mass is 16.2. The van der Waals surface area contributed by atoms with Crippen LogP contribution in [0.3, 0.4) is 0 Å². The minimum Gasteiger partial charge on any atom is -0.365 e.